The second-order valence-electron chi connectivity index (χ2n) is 6.40. The molecule has 0 aromatic rings. The van der Waals surface area contributed by atoms with Gasteiger partial charge in [0, 0.05) is 25.6 Å². The number of oxime groups is 1. The number of piperidine rings is 1. The van der Waals surface area contributed by atoms with Crippen molar-refractivity contribution in [2.45, 2.75) is 57.4 Å². The molecule has 0 unspecified atom stereocenters. The first-order valence-electron chi connectivity index (χ1n) is 8.15. The molecule has 1 amide bonds. The maximum Gasteiger partial charge on any atom is 0.220 e. The van der Waals surface area contributed by atoms with Crippen LogP contribution in [0.2, 0.25) is 0 Å². The van der Waals surface area contributed by atoms with E-state index in [1.807, 2.05) is 0 Å². The van der Waals surface area contributed by atoms with Crippen LogP contribution in [0.4, 0.5) is 0 Å². The molecule has 120 valence electrons. The number of nitrogens with two attached hydrogens (primary N) is 1. The minimum absolute atomic E-state index is 0.205. The van der Waals surface area contributed by atoms with Gasteiger partial charge in [0.15, 0.2) is 5.84 Å². The quantitative estimate of drug-likeness (QED) is 0.298. The molecule has 6 heteroatoms. The second-order valence-corrected chi connectivity index (χ2v) is 6.40. The number of nitrogens with one attached hydrogen (secondary N) is 1. The molecule has 0 spiro atoms. The smallest absolute Gasteiger partial charge is 0.220 e. The normalized spacial score (nSPS) is 22.6. The van der Waals surface area contributed by atoms with Gasteiger partial charge >= 0.3 is 0 Å². The Hall–Kier alpha value is -1.30. The molecule has 6 nitrogen and oxygen atoms in total. The monoisotopic (exact) mass is 296 g/mol. The Labute approximate surface area is 126 Å². The minimum Gasteiger partial charge on any atom is -0.409 e. The number of carbonyl (C=O) groups excluding carboxylic acids is 1. The van der Waals surface area contributed by atoms with Crippen molar-refractivity contribution >= 4 is 11.7 Å². The number of hydrogen-bond donors (Lipinski definition) is 3. The topological polar surface area (TPSA) is 91.0 Å². The zero-order valence-corrected chi connectivity index (χ0v) is 12.8. The summed E-state index contributed by atoms with van der Waals surface area (Å²) in [5.41, 5.74) is 5.51. The van der Waals surface area contributed by atoms with E-state index in [0.717, 1.165) is 38.3 Å². The number of amides is 1. The minimum atomic E-state index is 0.205. The van der Waals surface area contributed by atoms with Crippen molar-refractivity contribution < 1.29 is 10.0 Å². The predicted octanol–water partition coefficient (Wildman–Crippen LogP) is 1.28. The van der Waals surface area contributed by atoms with Gasteiger partial charge in [-0.2, -0.15) is 0 Å². The van der Waals surface area contributed by atoms with E-state index in [1.165, 1.54) is 25.7 Å². The first-order valence-corrected chi connectivity index (χ1v) is 8.15. The largest absolute Gasteiger partial charge is 0.409 e. The molecule has 1 saturated heterocycles. The van der Waals surface area contributed by atoms with Crippen LogP contribution in [-0.4, -0.2) is 47.5 Å². The van der Waals surface area contributed by atoms with E-state index < -0.39 is 0 Å². The van der Waals surface area contributed by atoms with Crippen LogP contribution in [0.25, 0.3) is 0 Å². The van der Waals surface area contributed by atoms with Crippen LogP contribution in [0.1, 0.15) is 51.4 Å². The summed E-state index contributed by atoms with van der Waals surface area (Å²) < 4.78 is 0. The Morgan fingerprint density at radius 2 is 1.90 bits per heavy atom. The highest BCUT2D eigenvalue weighted by atomic mass is 16.4. The maximum absolute atomic E-state index is 12.0. The van der Waals surface area contributed by atoms with Gasteiger partial charge in [-0.25, -0.2) is 0 Å². The molecule has 0 bridgehead atoms. The molecule has 1 saturated carbocycles. The summed E-state index contributed by atoms with van der Waals surface area (Å²) in [6.45, 7) is 2.26. The molecule has 0 radical (unpaired) electrons. The van der Waals surface area contributed by atoms with Gasteiger partial charge in [-0.15, -0.1) is 0 Å². The lowest BCUT2D eigenvalue weighted by Gasteiger charge is -2.31. The molecule has 0 atom stereocenters. The highest BCUT2D eigenvalue weighted by molar-refractivity contribution is 5.81. The lowest BCUT2D eigenvalue weighted by molar-refractivity contribution is -0.122. The fraction of sp³-hybridized carbons (Fsp3) is 0.867. The Kier molecular flexibility index (Phi) is 6.29. The number of hydrogen-bond acceptors (Lipinski definition) is 4. The molecule has 2 aliphatic rings. The van der Waals surface area contributed by atoms with E-state index in [0.29, 0.717) is 13.0 Å². The summed E-state index contributed by atoms with van der Waals surface area (Å²) in [6.07, 6.45) is 8.89. The average Bonchev–Trinajstić information content (AvgIpc) is 3.00. The number of likely N-dealkylation sites (tertiary alicyclic amines) is 1. The van der Waals surface area contributed by atoms with Gasteiger partial charge in [0.2, 0.25) is 5.91 Å². The molecule has 1 aliphatic carbocycles. The van der Waals surface area contributed by atoms with Crippen LogP contribution in [0.5, 0.6) is 0 Å². The van der Waals surface area contributed by atoms with Crippen molar-refractivity contribution in [1.29, 1.82) is 0 Å². The SMILES string of the molecule is NC(CN1CCC(NC(=O)CCC2CCCC2)CC1)=NO. The highest BCUT2D eigenvalue weighted by Crippen LogP contribution is 2.28. The van der Waals surface area contributed by atoms with E-state index >= 15 is 0 Å². The summed E-state index contributed by atoms with van der Waals surface area (Å²) in [6, 6.07) is 0.282. The number of rotatable bonds is 6. The standard InChI is InChI=1S/C15H28N4O2/c16-14(18-21)11-19-9-7-13(8-10-19)17-15(20)6-5-12-3-1-2-4-12/h12-13,21H,1-11H2,(H2,16,18)(H,17,20). The Bertz CT molecular complexity index is 359. The van der Waals surface area contributed by atoms with Crippen molar-refractivity contribution in [3.8, 4) is 0 Å². The molecular weight excluding hydrogens is 268 g/mol. The molecule has 1 heterocycles. The summed E-state index contributed by atoms with van der Waals surface area (Å²) in [7, 11) is 0. The zero-order valence-electron chi connectivity index (χ0n) is 12.8. The van der Waals surface area contributed by atoms with Crippen molar-refractivity contribution in [3.63, 3.8) is 0 Å². The van der Waals surface area contributed by atoms with Crippen LogP contribution in [0.15, 0.2) is 5.16 Å². The third-order valence-corrected chi connectivity index (χ3v) is 4.72. The van der Waals surface area contributed by atoms with Crippen molar-refractivity contribution in [3.05, 3.63) is 0 Å². The first kappa shape index (κ1) is 16.1. The molecular formula is C15H28N4O2. The van der Waals surface area contributed by atoms with Crippen molar-refractivity contribution in [1.82, 2.24) is 10.2 Å². The molecule has 21 heavy (non-hydrogen) atoms. The third kappa shape index (κ3) is 5.53. The maximum atomic E-state index is 12.0. The van der Waals surface area contributed by atoms with Gasteiger partial charge in [0.25, 0.3) is 0 Å². The highest BCUT2D eigenvalue weighted by Gasteiger charge is 2.22. The van der Waals surface area contributed by atoms with E-state index in [2.05, 4.69) is 15.4 Å². The Morgan fingerprint density at radius 3 is 2.52 bits per heavy atom. The molecule has 4 N–H and O–H groups in total. The van der Waals surface area contributed by atoms with Crippen molar-refractivity contribution in [2.24, 2.45) is 16.8 Å². The third-order valence-electron chi connectivity index (χ3n) is 4.72. The van der Waals surface area contributed by atoms with Gasteiger partial charge in [-0.1, -0.05) is 30.8 Å². The van der Waals surface area contributed by atoms with Crippen LogP contribution < -0.4 is 11.1 Å². The fourth-order valence-electron chi connectivity index (χ4n) is 3.43. The lowest BCUT2D eigenvalue weighted by Crippen LogP contribution is -2.46. The number of amidine groups is 1. The molecule has 2 rings (SSSR count). The Morgan fingerprint density at radius 1 is 1.24 bits per heavy atom. The van der Waals surface area contributed by atoms with Gasteiger partial charge < -0.3 is 16.3 Å². The summed E-state index contributed by atoms with van der Waals surface area (Å²) in [4.78, 5) is 14.1. The molecule has 1 aliphatic heterocycles. The summed E-state index contributed by atoms with van der Waals surface area (Å²) in [5.74, 6) is 1.23. The van der Waals surface area contributed by atoms with Gasteiger partial charge in [-0.05, 0) is 25.2 Å². The van der Waals surface area contributed by atoms with Gasteiger partial charge in [-0.3, -0.25) is 9.69 Å². The molecule has 0 aromatic heterocycles. The fourth-order valence-corrected chi connectivity index (χ4v) is 3.43. The zero-order chi connectivity index (χ0) is 15.1. The van der Waals surface area contributed by atoms with Crippen LogP contribution >= 0.6 is 0 Å². The van der Waals surface area contributed by atoms with E-state index in [4.69, 9.17) is 10.9 Å². The summed E-state index contributed by atoms with van der Waals surface area (Å²) >= 11 is 0. The van der Waals surface area contributed by atoms with Crippen molar-refractivity contribution in [2.75, 3.05) is 19.6 Å². The van der Waals surface area contributed by atoms with Gasteiger partial charge in [0.1, 0.15) is 0 Å². The Balaban J connectivity index is 1.60. The van der Waals surface area contributed by atoms with E-state index in [1.54, 1.807) is 0 Å². The van der Waals surface area contributed by atoms with Gasteiger partial charge in [0.05, 0.1) is 6.54 Å². The van der Waals surface area contributed by atoms with Crippen LogP contribution in [0, 0.1) is 5.92 Å². The van der Waals surface area contributed by atoms with E-state index in [-0.39, 0.29) is 17.8 Å². The van der Waals surface area contributed by atoms with Crippen LogP contribution in [-0.2, 0) is 4.79 Å². The lowest BCUT2D eigenvalue weighted by atomic mass is 10.0. The number of nitrogens with zero attached hydrogens (tertiary/aromatic N) is 2. The predicted molar refractivity (Wildman–Crippen MR) is 82.2 cm³/mol. The first-order chi connectivity index (χ1) is 10.2. The van der Waals surface area contributed by atoms with Crippen LogP contribution in [0.3, 0.4) is 0 Å². The summed E-state index contributed by atoms with van der Waals surface area (Å²) in [5, 5.41) is 14.7. The molecule has 0 aromatic carbocycles. The second kappa shape index (κ2) is 8.22. The number of carbonyl (C=O) groups is 1. The molecule has 2 fully saturated rings. The van der Waals surface area contributed by atoms with E-state index in [9.17, 15) is 4.79 Å². The average molecular weight is 296 g/mol.